The first kappa shape index (κ1) is 17.9. The average Bonchev–Trinajstić information content (AvgIpc) is 2.68. The molecule has 0 radical (unpaired) electrons. The van der Waals surface area contributed by atoms with Crippen LogP contribution in [0.4, 0.5) is 0 Å². The highest BCUT2D eigenvalue weighted by Crippen LogP contribution is 2.55. The van der Waals surface area contributed by atoms with Gasteiger partial charge in [-0.2, -0.15) is 10.5 Å². The summed E-state index contributed by atoms with van der Waals surface area (Å²) in [6.45, 7) is 1.71. The topological polar surface area (TPSA) is 90.9 Å². The smallest absolute Gasteiger partial charge is 0.335 e. The van der Waals surface area contributed by atoms with Gasteiger partial charge in [-0.1, -0.05) is 36.8 Å². The van der Waals surface area contributed by atoms with Crippen LogP contribution in [0.2, 0.25) is 0 Å². The van der Waals surface area contributed by atoms with Gasteiger partial charge in [-0.25, -0.2) is 4.79 Å². The summed E-state index contributed by atoms with van der Waals surface area (Å²) < 4.78 is 5.16. The van der Waals surface area contributed by atoms with Crippen LogP contribution in [-0.2, 0) is 14.3 Å². The first-order valence-corrected chi connectivity index (χ1v) is 8.93. The van der Waals surface area contributed by atoms with E-state index in [1.165, 1.54) is 0 Å². The van der Waals surface area contributed by atoms with Gasteiger partial charge in [0.15, 0.2) is 0 Å². The fraction of sp³-hybridized carbons (Fsp3) is 0.429. The first-order valence-electron chi connectivity index (χ1n) is 8.93. The predicted octanol–water partition coefficient (Wildman–Crippen LogP) is 3.44. The first-order chi connectivity index (χ1) is 12.6. The fourth-order valence-electron chi connectivity index (χ4n) is 4.40. The van der Waals surface area contributed by atoms with E-state index in [-0.39, 0.29) is 18.1 Å². The van der Waals surface area contributed by atoms with Crippen LogP contribution in [0.25, 0.3) is 0 Å². The van der Waals surface area contributed by atoms with Crippen LogP contribution >= 0.6 is 0 Å². The number of carbonyl (C=O) groups excluding carboxylic acids is 2. The second-order valence-corrected chi connectivity index (χ2v) is 6.72. The maximum absolute atomic E-state index is 13.3. The predicted molar refractivity (Wildman–Crippen MR) is 93.5 cm³/mol. The summed E-state index contributed by atoms with van der Waals surface area (Å²) in [5.41, 5.74) is -0.463. The summed E-state index contributed by atoms with van der Waals surface area (Å²) in [5, 5.41) is 19.6. The standard InChI is InChI=1S/C21H20N2O3/c1-2-26-20(25)21(13-23)18(14-8-4-3-5-9-14)16-11-7-6-10-15(16)17(12-22)19(21)24/h3-5,8-9,16,18H,2,6-7,10-11H2,1H3/t16-,18+,21-/m0/s1. The molecule has 5 heteroatoms. The number of allylic oxidation sites excluding steroid dienone is 2. The van der Waals surface area contributed by atoms with Crippen molar-refractivity contribution in [2.75, 3.05) is 6.61 Å². The molecule has 0 N–H and O–H groups in total. The van der Waals surface area contributed by atoms with Gasteiger partial charge in [-0.05, 0) is 43.2 Å². The molecule has 132 valence electrons. The molecule has 5 nitrogen and oxygen atoms in total. The zero-order valence-electron chi connectivity index (χ0n) is 14.7. The van der Waals surface area contributed by atoms with Crippen LogP contribution in [0.3, 0.4) is 0 Å². The Bertz CT molecular complexity index is 844. The second kappa shape index (κ2) is 7.14. The van der Waals surface area contributed by atoms with Crippen molar-refractivity contribution < 1.29 is 14.3 Å². The van der Waals surface area contributed by atoms with Gasteiger partial charge in [-0.15, -0.1) is 0 Å². The minimum Gasteiger partial charge on any atom is -0.464 e. The lowest BCUT2D eigenvalue weighted by Crippen LogP contribution is -2.51. The zero-order chi connectivity index (χ0) is 18.7. The number of fused-ring (bicyclic) bond motifs is 1. The third-order valence-corrected chi connectivity index (χ3v) is 5.48. The van der Waals surface area contributed by atoms with Gasteiger partial charge in [0.1, 0.15) is 6.07 Å². The summed E-state index contributed by atoms with van der Waals surface area (Å²) in [6.07, 6.45) is 3.25. The summed E-state index contributed by atoms with van der Waals surface area (Å²) in [4.78, 5) is 26.1. The number of rotatable bonds is 3. The molecule has 1 aromatic rings. The Kier molecular flexibility index (Phi) is 4.91. The Morgan fingerprint density at radius 1 is 1.27 bits per heavy atom. The molecule has 0 aliphatic heterocycles. The van der Waals surface area contributed by atoms with Crippen LogP contribution in [-0.4, -0.2) is 18.4 Å². The van der Waals surface area contributed by atoms with E-state index in [1.807, 2.05) is 42.5 Å². The van der Waals surface area contributed by atoms with E-state index < -0.39 is 23.1 Å². The number of hydrogen-bond donors (Lipinski definition) is 0. The molecule has 0 spiro atoms. The summed E-state index contributed by atoms with van der Waals surface area (Å²) in [6, 6.07) is 13.2. The van der Waals surface area contributed by atoms with Crippen molar-refractivity contribution in [3.63, 3.8) is 0 Å². The number of ketones is 1. The normalized spacial score (nSPS) is 27.9. The van der Waals surface area contributed by atoms with Crippen molar-refractivity contribution in [1.29, 1.82) is 10.5 Å². The van der Waals surface area contributed by atoms with Crippen molar-refractivity contribution in [3.05, 3.63) is 47.0 Å². The van der Waals surface area contributed by atoms with E-state index in [0.29, 0.717) is 6.42 Å². The second-order valence-electron chi connectivity index (χ2n) is 6.72. The third-order valence-electron chi connectivity index (χ3n) is 5.48. The molecule has 1 aromatic carbocycles. The number of esters is 1. The summed E-state index contributed by atoms with van der Waals surface area (Å²) >= 11 is 0. The van der Waals surface area contributed by atoms with E-state index in [2.05, 4.69) is 0 Å². The van der Waals surface area contributed by atoms with Gasteiger partial charge in [-0.3, -0.25) is 4.79 Å². The molecule has 0 amide bonds. The molecule has 0 saturated heterocycles. The maximum Gasteiger partial charge on any atom is 0.335 e. The van der Waals surface area contributed by atoms with Crippen molar-refractivity contribution in [1.82, 2.24) is 0 Å². The summed E-state index contributed by atoms with van der Waals surface area (Å²) in [5.74, 6) is -2.36. The number of hydrogen-bond acceptors (Lipinski definition) is 5. The molecule has 0 aromatic heterocycles. The van der Waals surface area contributed by atoms with Crippen molar-refractivity contribution in [2.45, 2.75) is 38.5 Å². The number of nitrogens with zero attached hydrogens (tertiary/aromatic N) is 2. The molecular formula is C21H20N2O3. The highest BCUT2D eigenvalue weighted by Gasteiger charge is 2.61. The van der Waals surface area contributed by atoms with Crippen LogP contribution < -0.4 is 0 Å². The zero-order valence-corrected chi connectivity index (χ0v) is 14.7. The Morgan fingerprint density at radius 2 is 2.00 bits per heavy atom. The minimum atomic E-state index is -2.01. The quantitative estimate of drug-likeness (QED) is 0.616. The van der Waals surface area contributed by atoms with Gasteiger partial charge in [0.25, 0.3) is 0 Å². The number of carbonyl (C=O) groups is 2. The van der Waals surface area contributed by atoms with Crippen LogP contribution in [0.5, 0.6) is 0 Å². The van der Waals surface area contributed by atoms with E-state index in [1.54, 1.807) is 6.92 Å². The Morgan fingerprint density at radius 3 is 2.62 bits per heavy atom. The largest absolute Gasteiger partial charge is 0.464 e. The summed E-state index contributed by atoms with van der Waals surface area (Å²) in [7, 11) is 0. The lowest BCUT2D eigenvalue weighted by molar-refractivity contribution is -0.158. The van der Waals surface area contributed by atoms with E-state index >= 15 is 0 Å². The average molecular weight is 348 g/mol. The lowest BCUT2D eigenvalue weighted by atomic mass is 9.55. The van der Waals surface area contributed by atoms with E-state index in [4.69, 9.17) is 4.74 Å². The maximum atomic E-state index is 13.3. The number of nitriles is 2. The molecule has 0 unspecified atom stereocenters. The van der Waals surface area contributed by atoms with E-state index in [9.17, 15) is 20.1 Å². The highest BCUT2D eigenvalue weighted by molar-refractivity contribution is 6.18. The van der Waals surface area contributed by atoms with Gasteiger partial charge >= 0.3 is 5.97 Å². The van der Waals surface area contributed by atoms with Gasteiger partial charge in [0.2, 0.25) is 11.2 Å². The SMILES string of the molecule is CCOC(=O)[C@]1(C#N)C(=O)C(C#N)=C2CCCC[C@@H]2[C@H]1c1ccccc1. The van der Waals surface area contributed by atoms with Crippen molar-refractivity contribution in [3.8, 4) is 12.1 Å². The number of Topliss-reactive ketones (excluding diaryl/α,β-unsaturated/α-hetero) is 1. The monoisotopic (exact) mass is 348 g/mol. The highest BCUT2D eigenvalue weighted by atomic mass is 16.5. The molecular weight excluding hydrogens is 328 g/mol. The molecule has 2 aliphatic carbocycles. The Hall–Kier alpha value is -2.92. The van der Waals surface area contributed by atoms with Crippen LogP contribution in [0.1, 0.15) is 44.1 Å². The Labute approximate surface area is 152 Å². The lowest BCUT2D eigenvalue weighted by Gasteiger charge is -2.44. The third kappa shape index (κ3) is 2.52. The molecule has 3 rings (SSSR count). The molecule has 1 saturated carbocycles. The number of benzene rings is 1. The molecule has 26 heavy (non-hydrogen) atoms. The van der Waals surface area contributed by atoms with E-state index in [0.717, 1.165) is 30.4 Å². The molecule has 0 heterocycles. The van der Waals surface area contributed by atoms with Gasteiger partial charge in [0.05, 0.1) is 18.2 Å². The van der Waals surface area contributed by atoms with Crippen molar-refractivity contribution >= 4 is 11.8 Å². The molecule has 3 atom stereocenters. The van der Waals surface area contributed by atoms with Crippen LogP contribution in [0.15, 0.2) is 41.5 Å². The fourth-order valence-corrected chi connectivity index (χ4v) is 4.40. The van der Waals surface area contributed by atoms with Crippen molar-refractivity contribution in [2.24, 2.45) is 11.3 Å². The number of ether oxygens (including phenoxy) is 1. The molecule has 2 aliphatic rings. The molecule has 0 bridgehead atoms. The minimum absolute atomic E-state index is 0.0171. The molecule has 1 fully saturated rings. The van der Waals surface area contributed by atoms with Gasteiger partial charge < -0.3 is 4.74 Å². The Balaban J connectivity index is 2.30. The van der Waals surface area contributed by atoms with Gasteiger partial charge in [0, 0.05) is 5.92 Å². The van der Waals surface area contributed by atoms with Crippen LogP contribution in [0, 0.1) is 34.0 Å².